The molecular weight excluding hydrogens is 304 g/mol. The van der Waals surface area contributed by atoms with E-state index in [1.165, 1.54) is 11.3 Å². The Hall–Kier alpha value is -2.63. The summed E-state index contributed by atoms with van der Waals surface area (Å²) in [6, 6.07) is 10.3. The maximum atomic E-state index is 5.42. The summed E-state index contributed by atoms with van der Waals surface area (Å²) in [6.07, 6.45) is 2.95. The highest BCUT2D eigenvalue weighted by Gasteiger charge is 2.13. The van der Waals surface area contributed by atoms with E-state index in [4.69, 9.17) is 9.47 Å². The molecule has 0 unspecified atom stereocenters. The standard InChI is InChI=1S/C18H24N4O2/c1-19-18(22(3)12-15-5-4-10-21(15)2)20-9-8-14-6-7-16-17(11-14)24-13-23-16/h4-7,10-11H,8-9,12-13H2,1-3H3,(H,19,20). The molecular formula is C18H24N4O2. The maximum absolute atomic E-state index is 5.42. The molecule has 24 heavy (non-hydrogen) atoms. The molecule has 1 aromatic carbocycles. The van der Waals surface area contributed by atoms with Crippen molar-refractivity contribution in [3.63, 3.8) is 0 Å². The van der Waals surface area contributed by atoms with Gasteiger partial charge in [0.25, 0.3) is 0 Å². The van der Waals surface area contributed by atoms with Crippen molar-refractivity contribution in [1.82, 2.24) is 14.8 Å². The first-order chi connectivity index (χ1) is 11.7. The van der Waals surface area contributed by atoms with Crippen LogP contribution in [-0.4, -0.2) is 42.9 Å². The van der Waals surface area contributed by atoms with Crippen molar-refractivity contribution in [2.45, 2.75) is 13.0 Å². The largest absolute Gasteiger partial charge is 0.454 e. The minimum Gasteiger partial charge on any atom is -0.454 e. The van der Waals surface area contributed by atoms with Crippen molar-refractivity contribution < 1.29 is 9.47 Å². The molecule has 2 heterocycles. The van der Waals surface area contributed by atoms with Gasteiger partial charge in [0.05, 0.1) is 6.54 Å². The molecule has 128 valence electrons. The lowest BCUT2D eigenvalue weighted by molar-refractivity contribution is 0.174. The van der Waals surface area contributed by atoms with Gasteiger partial charge in [-0.25, -0.2) is 0 Å². The van der Waals surface area contributed by atoms with Gasteiger partial charge in [-0.2, -0.15) is 0 Å². The number of hydrogen-bond donors (Lipinski definition) is 1. The van der Waals surface area contributed by atoms with Gasteiger partial charge in [-0.15, -0.1) is 0 Å². The van der Waals surface area contributed by atoms with Gasteiger partial charge in [-0.05, 0) is 36.2 Å². The number of aryl methyl sites for hydroxylation is 1. The minimum absolute atomic E-state index is 0.313. The van der Waals surface area contributed by atoms with Crippen molar-refractivity contribution in [2.24, 2.45) is 12.0 Å². The Kier molecular flexibility index (Phi) is 4.93. The van der Waals surface area contributed by atoms with E-state index in [1.807, 2.05) is 26.2 Å². The third-order valence-corrected chi connectivity index (χ3v) is 4.16. The molecule has 6 nitrogen and oxygen atoms in total. The number of nitrogens with one attached hydrogen (secondary N) is 1. The van der Waals surface area contributed by atoms with Crippen molar-refractivity contribution >= 4 is 5.96 Å². The number of aliphatic imine (C=N–C) groups is 1. The number of aromatic nitrogens is 1. The monoisotopic (exact) mass is 328 g/mol. The summed E-state index contributed by atoms with van der Waals surface area (Å²) in [6.45, 7) is 1.94. The van der Waals surface area contributed by atoms with Gasteiger partial charge in [0.2, 0.25) is 6.79 Å². The van der Waals surface area contributed by atoms with E-state index >= 15 is 0 Å². The van der Waals surface area contributed by atoms with Crippen molar-refractivity contribution in [1.29, 1.82) is 0 Å². The molecule has 1 aliphatic heterocycles. The molecule has 0 saturated heterocycles. The Balaban J connectivity index is 1.51. The zero-order valence-electron chi connectivity index (χ0n) is 14.5. The molecule has 1 aromatic heterocycles. The molecule has 2 aromatic rings. The molecule has 0 aliphatic carbocycles. The number of rotatable bonds is 5. The summed E-state index contributed by atoms with van der Waals surface area (Å²) >= 11 is 0. The lowest BCUT2D eigenvalue weighted by Crippen LogP contribution is -2.39. The van der Waals surface area contributed by atoms with Crippen LogP contribution < -0.4 is 14.8 Å². The Bertz CT molecular complexity index is 724. The van der Waals surface area contributed by atoms with Crippen molar-refractivity contribution in [3.05, 3.63) is 47.8 Å². The molecule has 0 amide bonds. The number of guanidine groups is 1. The average molecular weight is 328 g/mol. The van der Waals surface area contributed by atoms with Gasteiger partial charge in [-0.1, -0.05) is 6.07 Å². The second-order valence-electron chi connectivity index (χ2n) is 5.88. The fourth-order valence-corrected chi connectivity index (χ4v) is 2.78. The van der Waals surface area contributed by atoms with E-state index in [0.29, 0.717) is 6.79 Å². The number of nitrogens with zero attached hydrogens (tertiary/aromatic N) is 3. The lowest BCUT2D eigenvalue weighted by atomic mass is 10.1. The van der Waals surface area contributed by atoms with Gasteiger partial charge in [0.1, 0.15) is 0 Å². The second kappa shape index (κ2) is 7.29. The summed E-state index contributed by atoms with van der Waals surface area (Å²) in [7, 11) is 5.91. The van der Waals surface area contributed by atoms with Crippen LogP contribution in [0.1, 0.15) is 11.3 Å². The highest BCUT2D eigenvalue weighted by atomic mass is 16.7. The Morgan fingerprint density at radius 2 is 2.12 bits per heavy atom. The molecule has 0 atom stereocenters. The van der Waals surface area contributed by atoms with Crippen LogP contribution in [-0.2, 0) is 20.0 Å². The third-order valence-electron chi connectivity index (χ3n) is 4.16. The molecule has 3 rings (SSSR count). The van der Waals surface area contributed by atoms with E-state index in [1.54, 1.807) is 0 Å². The Morgan fingerprint density at radius 1 is 1.29 bits per heavy atom. The fourth-order valence-electron chi connectivity index (χ4n) is 2.78. The highest BCUT2D eigenvalue weighted by Crippen LogP contribution is 2.32. The fraction of sp³-hybridized carbons (Fsp3) is 0.389. The van der Waals surface area contributed by atoms with Crippen LogP contribution in [0.4, 0.5) is 0 Å². The summed E-state index contributed by atoms with van der Waals surface area (Å²) < 4.78 is 12.9. The summed E-state index contributed by atoms with van der Waals surface area (Å²) in [5.74, 6) is 2.54. The van der Waals surface area contributed by atoms with E-state index in [2.05, 4.69) is 51.2 Å². The summed E-state index contributed by atoms with van der Waals surface area (Å²) in [5.41, 5.74) is 2.46. The molecule has 0 spiro atoms. The minimum atomic E-state index is 0.313. The first kappa shape index (κ1) is 16.2. The third kappa shape index (κ3) is 3.64. The van der Waals surface area contributed by atoms with Crippen LogP contribution in [0.3, 0.4) is 0 Å². The van der Waals surface area contributed by atoms with Gasteiger partial charge < -0.3 is 24.3 Å². The number of ether oxygens (including phenoxy) is 2. The topological polar surface area (TPSA) is 51.0 Å². The van der Waals surface area contributed by atoms with Crippen LogP contribution >= 0.6 is 0 Å². The molecule has 0 fully saturated rings. The van der Waals surface area contributed by atoms with Crippen LogP contribution in [0.5, 0.6) is 11.5 Å². The van der Waals surface area contributed by atoms with Crippen molar-refractivity contribution in [3.8, 4) is 11.5 Å². The quantitative estimate of drug-likeness (QED) is 0.674. The zero-order valence-corrected chi connectivity index (χ0v) is 14.5. The van der Waals surface area contributed by atoms with Crippen LogP contribution in [0.25, 0.3) is 0 Å². The second-order valence-corrected chi connectivity index (χ2v) is 5.88. The van der Waals surface area contributed by atoms with Gasteiger partial charge in [-0.3, -0.25) is 4.99 Å². The maximum Gasteiger partial charge on any atom is 0.231 e. The Morgan fingerprint density at radius 3 is 2.88 bits per heavy atom. The first-order valence-corrected chi connectivity index (χ1v) is 8.08. The molecule has 0 radical (unpaired) electrons. The molecule has 6 heteroatoms. The van der Waals surface area contributed by atoms with E-state index < -0.39 is 0 Å². The number of benzene rings is 1. The zero-order chi connectivity index (χ0) is 16.9. The first-order valence-electron chi connectivity index (χ1n) is 8.08. The molecule has 1 N–H and O–H groups in total. The SMILES string of the molecule is CN=C(NCCc1ccc2c(c1)OCO2)N(C)Cc1cccn1C. The predicted octanol–water partition coefficient (Wildman–Crippen LogP) is 2.00. The Labute approximate surface area is 142 Å². The highest BCUT2D eigenvalue weighted by molar-refractivity contribution is 5.79. The van der Waals surface area contributed by atoms with E-state index in [0.717, 1.165) is 37.0 Å². The van der Waals surface area contributed by atoms with Gasteiger partial charge in [0.15, 0.2) is 17.5 Å². The average Bonchev–Trinajstić information content (AvgIpc) is 3.20. The smallest absolute Gasteiger partial charge is 0.231 e. The normalized spacial score (nSPS) is 13.2. The predicted molar refractivity (Wildman–Crippen MR) is 94.5 cm³/mol. The lowest BCUT2D eigenvalue weighted by Gasteiger charge is -2.22. The van der Waals surface area contributed by atoms with Gasteiger partial charge >= 0.3 is 0 Å². The molecule has 1 aliphatic rings. The summed E-state index contributed by atoms with van der Waals surface area (Å²) in [4.78, 5) is 6.48. The van der Waals surface area contributed by atoms with Crippen LogP contribution in [0, 0.1) is 0 Å². The molecule has 0 saturated carbocycles. The van der Waals surface area contributed by atoms with E-state index in [9.17, 15) is 0 Å². The number of fused-ring (bicyclic) bond motifs is 1. The number of hydrogen-bond acceptors (Lipinski definition) is 3. The van der Waals surface area contributed by atoms with Gasteiger partial charge in [0, 0.05) is 39.6 Å². The van der Waals surface area contributed by atoms with Crippen LogP contribution in [0.15, 0.2) is 41.5 Å². The summed E-state index contributed by atoms with van der Waals surface area (Å²) in [5, 5.41) is 3.41. The van der Waals surface area contributed by atoms with E-state index in [-0.39, 0.29) is 0 Å². The molecule has 0 bridgehead atoms. The van der Waals surface area contributed by atoms with Crippen LogP contribution in [0.2, 0.25) is 0 Å². The van der Waals surface area contributed by atoms with Crippen molar-refractivity contribution in [2.75, 3.05) is 27.4 Å².